The monoisotopic (exact) mass is 465 g/mol. The number of nitrogens with zero attached hydrogens (tertiary/aromatic N) is 3. The molecular weight excluding hydrogens is 438 g/mol. The molecule has 2 saturated heterocycles. The molecule has 168 valence electrons. The molecule has 31 heavy (non-hydrogen) atoms. The second-order valence-electron chi connectivity index (χ2n) is 7.97. The fraction of sp³-hybridized carbons (Fsp3) is 0.500. The largest absolute Gasteiger partial charge is 0.495 e. The van der Waals surface area contributed by atoms with Gasteiger partial charge in [0.25, 0.3) is 0 Å². The van der Waals surface area contributed by atoms with E-state index in [9.17, 15) is 8.42 Å². The minimum atomic E-state index is -3.64. The first-order valence-electron chi connectivity index (χ1n) is 10.6. The summed E-state index contributed by atoms with van der Waals surface area (Å²) in [5.41, 5.74) is 0. The van der Waals surface area contributed by atoms with E-state index in [0.717, 1.165) is 44.5 Å². The van der Waals surface area contributed by atoms with Crippen LogP contribution >= 0.6 is 11.6 Å². The molecule has 0 spiro atoms. The van der Waals surface area contributed by atoms with Gasteiger partial charge < -0.3 is 14.4 Å². The zero-order valence-corrected chi connectivity index (χ0v) is 19.2. The second kappa shape index (κ2) is 9.73. The topological polar surface area (TPSA) is 72.0 Å². The third-order valence-corrected chi connectivity index (χ3v) is 8.27. The molecular formula is C22H28ClN3O4S. The predicted octanol–water partition coefficient (Wildman–Crippen LogP) is 3.44. The van der Waals surface area contributed by atoms with Gasteiger partial charge in [-0.2, -0.15) is 4.31 Å². The Balaban J connectivity index is 1.32. The zero-order valence-electron chi connectivity index (χ0n) is 17.6. The van der Waals surface area contributed by atoms with E-state index in [0.29, 0.717) is 29.9 Å². The van der Waals surface area contributed by atoms with Gasteiger partial charge in [-0.25, -0.2) is 8.42 Å². The molecule has 0 saturated carbocycles. The van der Waals surface area contributed by atoms with Crippen LogP contribution in [-0.4, -0.2) is 68.0 Å². The van der Waals surface area contributed by atoms with Gasteiger partial charge in [0.1, 0.15) is 22.5 Å². The van der Waals surface area contributed by atoms with Crippen LogP contribution in [0.3, 0.4) is 0 Å². The number of rotatable bonds is 6. The fourth-order valence-electron chi connectivity index (χ4n) is 4.41. The summed E-state index contributed by atoms with van der Waals surface area (Å²) in [4.78, 5) is 6.64. The van der Waals surface area contributed by atoms with E-state index in [1.807, 2.05) is 12.1 Å². The molecule has 2 aliphatic heterocycles. The van der Waals surface area contributed by atoms with Gasteiger partial charge in [0.15, 0.2) is 0 Å². The average Bonchev–Trinajstić information content (AvgIpc) is 2.80. The first-order chi connectivity index (χ1) is 15.0. The molecule has 0 unspecified atom stereocenters. The van der Waals surface area contributed by atoms with Crippen molar-refractivity contribution < 1.29 is 17.9 Å². The molecule has 2 fully saturated rings. The van der Waals surface area contributed by atoms with Gasteiger partial charge in [0.2, 0.25) is 10.0 Å². The van der Waals surface area contributed by atoms with Crippen LogP contribution in [0.5, 0.6) is 11.5 Å². The Kier molecular flexibility index (Phi) is 7.01. The maximum Gasteiger partial charge on any atom is 0.246 e. The van der Waals surface area contributed by atoms with Gasteiger partial charge in [-0.05, 0) is 56.0 Å². The van der Waals surface area contributed by atoms with Crippen LogP contribution in [0.4, 0.5) is 0 Å². The van der Waals surface area contributed by atoms with E-state index in [1.54, 1.807) is 28.8 Å². The molecule has 1 aromatic heterocycles. The number of benzene rings is 1. The summed E-state index contributed by atoms with van der Waals surface area (Å²) in [7, 11) is -2.18. The quantitative estimate of drug-likeness (QED) is 0.650. The molecule has 4 rings (SSSR count). The van der Waals surface area contributed by atoms with Crippen LogP contribution in [0, 0.1) is 0 Å². The van der Waals surface area contributed by atoms with E-state index in [2.05, 4.69) is 9.88 Å². The van der Waals surface area contributed by atoms with Crippen molar-refractivity contribution >= 4 is 21.6 Å². The maximum atomic E-state index is 13.2. The highest BCUT2D eigenvalue weighted by molar-refractivity contribution is 7.89. The van der Waals surface area contributed by atoms with Gasteiger partial charge in [0, 0.05) is 49.6 Å². The molecule has 0 atom stereocenters. The molecule has 0 N–H and O–H groups in total. The lowest BCUT2D eigenvalue weighted by Crippen LogP contribution is -2.50. The van der Waals surface area contributed by atoms with Crippen molar-refractivity contribution in [3.8, 4) is 11.5 Å². The predicted molar refractivity (Wildman–Crippen MR) is 119 cm³/mol. The molecule has 7 nitrogen and oxygen atoms in total. The van der Waals surface area contributed by atoms with Crippen molar-refractivity contribution in [1.82, 2.24) is 14.2 Å². The molecule has 3 heterocycles. The van der Waals surface area contributed by atoms with Gasteiger partial charge in [-0.1, -0.05) is 11.6 Å². The molecule has 1 aromatic carbocycles. The standard InChI is InChI=1S/C22H28ClN3O4S/c1-29-21-3-2-17(23)16-22(21)31(27,28)26-14-6-18(7-15-26)25-12-8-20(9-13-25)30-19-4-10-24-11-5-19/h2-5,10-11,16,18,20H,6-9,12-15H2,1H3. The summed E-state index contributed by atoms with van der Waals surface area (Å²) in [6, 6.07) is 8.87. The Labute approximate surface area is 189 Å². The van der Waals surface area contributed by atoms with E-state index < -0.39 is 10.0 Å². The van der Waals surface area contributed by atoms with Crippen LogP contribution in [0.25, 0.3) is 0 Å². The van der Waals surface area contributed by atoms with Crippen molar-refractivity contribution in [2.24, 2.45) is 0 Å². The number of ether oxygens (including phenoxy) is 2. The lowest BCUT2D eigenvalue weighted by molar-refractivity contribution is 0.0585. The van der Waals surface area contributed by atoms with Crippen LogP contribution in [-0.2, 0) is 10.0 Å². The summed E-state index contributed by atoms with van der Waals surface area (Å²) in [5.74, 6) is 1.19. The number of halogens is 1. The van der Waals surface area contributed by atoms with E-state index >= 15 is 0 Å². The smallest absolute Gasteiger partial charge is 0.246 e. The van der Waals surface area contributed by atoms with Crippen molar-refractivity contribution in [1.29, 1.82) is 0 Å². The van der Waals surface area contributed by atoms with Crippen molar-refractivity contribution in [3.05, 3.63) is 47.7 Å². The number of methoxy groups -OCH3 is 1. The van der Waals surface area contributed by atoms with Crippen molar-refractivity contribution in [2.45, 2.75) is 42.7 Å². The fourth-order valence-corrected chi connectivity index (χ4v) is 6.29. The Morgan fingerprint density at radius 3 is 2.32 bits per heavy atom. The summed E-state index contributed by atoms with van der Waals surface area (Å²) >= 11 is 6.05. The zero-order chi connectivity index (χ0) is 21.8. The maximum absolute atomic E-state index is 13.2. The second-order valence-corrected chi connectivity index (χ2v) is 10.3. The number of piperidine rings is 2. The lowest BCUT2D eigenvalue weighted by Gasteiger charge is -2.41. The van der Waals surface area contributed by atoms with Crippen molar-refractivity contribution in [2.75, 3.05) is 33.3 Å². The average molecular weight is 466 g/mol. The normalized spacial score (nSPS) is 19.9. The molecule has 9 heteroatoms. The lowest BCUT2D eigenvalue weighted by atomic mass is 10.00. The SMILES string of the molecule is COc1ccc(Cl)cc1S(=O)(=O)N1CCC(N2CCC(Oc3ccncc3)CC2)CC1. The van der Waals surface area contributed by atoms with Gasteiger partial charge in [-0.15, -0.1) is 0 Å². The van der Waals surface area contributed by atoms with Crippen LogP contribution in [0.1, 0.15) is 25.7 Å². The minimum Gasteiger partial charge on any atom is -0.495 e. The summed E-state index contributed by atoms with van der Waals surface area (Å²) < 4.78 is 39.2. The third-order valence-electron chi connectivity index (χ3n) is 6.11. The molecule has 0 amide bonds. The van der Waals surface area contributed by atoms with Gasteiger partial charge >= 0.3 is 0 Å². The number of pyridine rings is 1. The number of hydrogen-bond donors (Lipinski definition) is 0. The first kappa shape index (κ1) is 22.3. The Hall–Kier alpha value is -1.87. The van der Waals surface area contributed by atoms with Crippen LogP contribution in [0.2, 0.25) is 5.02 Å². The van der Waals surface area contributed by atoms with E-state index in [4.69, 9.17) is 21.1 Å². The van der Waals surface area contributed by atoms with Crippen molar-refractivity contribution in [3.63, 3.8) is 0 Å². The number of sulfonamides is 1. The number of likely N-dealkylation sites (tertiary alicyclic amines) is 1. The third kappa shape index (κ3) is 5.14. The summed E-state index contributed by atoms with van der Waals surface area (Å²) in [5, 5.41) is 0.381. The van der Waals surface area contributed by atoms with Crippen LogP contribution < -0.4 is 9.47 Å². The number of hydrogen-bond acceptors (Lipinski definition) is 6. The minimum absolute atomic E-state index is 0.134. The Morgan fingerprint density at radius 2 is 1.68 bits per heavy atom. The summed E-state index contributed by atoms with van der Waals surface area (Å²) in [6.45, 7) is 2.93. The molecule has 2 aromatic rings. The molecule has 0 bridgehead atoms. The highest BCUT2D eigenvalue weighted by Crippen LogP contribution is 2.32. The summed E-state index contributed by atoms with van der Waals surface area (Å²) in [6.07, 6.45) is 7.28. The van der Waals surface area contributed by atoms with E-state index in [1.165, 1.54) is 13.2 Å². The first-order valence-corrected chi connectivity index (χ1v) is 12.4. The van der Waals surface area contributed by atoms with Gasteiger partial charge in [-0.3, -0.25) is 4.98 Å². The highest BCUT2D eigenvalue weighted by atomic mass is 35.5. The Morgan fingerprint density at radius 1 is 1.00 bits per heavy atom. The number of aromatic nitrogens is 1. The highest BCUT2D eigenvalue weighted by Gasteiger charge is 2.34. The molecule has 2 aliphatic rings. The Bertz CT molecular complexity index is 974. The molecule has 0 aliphatic carbocycles. The molecule has 0 radical (unpaired) electrons. The van der Waals surface area contributed by atoms with Crippen LogP contribution in [0.15, 0.2) is 47.6 Å². The van der Waals surface area contributed by atoms with Gasteiger partial charge in [0.05, 0.1) is 7.11 Å². The van der Waals surface area contributed by atoms with E-state index in [-0.39, 0.29) is 11.0 Å².